The second-order valence-electron chi connectivity index (χ2n) is 8.48. The Morgan fingerprint density at radius 1 is 0.972 bits per heavy atom. The summed E-state index contributed by atoms with van der Waals surface area (Å²) in [6, 6.07) is 23.4. The number of hydrogen-bond donors (Lipinski definition) is 2. The molecule has 2 aromatic heterocycles. The maximum absolute atomic E-state index is 13.5. The summed E-state index contributed by atoms with van der Waals surface area (Å²) in [6.45, 7) is 4.91. The number of rotatable bonds is 7. The predicted octanol–water partition coefficient (Wildman–Crippen LogP) is 6.07. The summed E-state index contributed by atoms with van der Waals surface area (Å²) in [5, 5.41) is 11.0. The van der Waals surface area contributed by atoms with Gasteiger partial charge in [0.1, 0.15) is 11.6 Å². The van der Waals surface area contributed by atoms with E-state index in [0.29, 0.717) is 46.7 Å². The number of carbonyl (C=O) groups excluding carboxylic acids is 1. The Hall–Kier alpha value is -4.52. The molecular formula is C29H25FN4O2. The summed E-state index contributed by atoms with van der Waals surface area (Å²) in [6.07, 6.45) is 0. The minimum Gasteiger partial charge on any atom is -0.494 e. The number of ether oxygens (including phenoxy) is 1. The van der Waals surface area contributed by atoms with Crippen LogP contribution in [0.25, 0.3) is 33.5 Å². The average molecular weight is 481 g/mol. The molecule has 2 N–H and O–H groups in total. The van der Waals surface area contributed by atoms with Gasteiger partial charge < -0.3 is 10.1 Å². The van der Waals surface area contributed by atoms with Crippen molar-refractivity contribution in [2.45, 2.75) is 20.4 Å². The lowest BCUT2D eigenvalue weighted by Gasteiger charge is -2.11. The van der Waals surface area contributed by atoms with Gasteiger partial charge in [-0.05, 0) is 74.0 Å². The first-order valence-electron chi connectivity index (χ1n) is 11.7. The Bertz CT molecular complexity index is 1510. The van der Waals surface area contributed by atoms with Crippen LogP contribution in [0.1, 0.15) is 28.4 Å². The lowest BCUT2D eigenvalue weighted by atomic mass is 10.0. The van der Waals surface area contributed by atoms with Crippen LogP contribution in [0.4, 0.5) is 4.39 Å². The van der Waals surface area contributed by atoms with Crippen molar-refractivity contribution >= 4 is 16.9 Å². The number of nitrogens with zero attached hydrogens (tertiary/aromatic N) is 2. The summed E-state index contributed by atoms with van der Waals surface area (Å²) in [7, 11) is 0. The normalized spacial score (nSPS) is 11.0. The molecule has 36 heavy (non-hydrogen) atoms. The number of pyridine rings is 1. The number of hydrogen-bond acceptors (Lipinski definition) is 4. The molecular weight excluding hydrogens is 455 g/mol. The monoisotopic (exact) mass is 480 g/mol. The second-order valence-corrected chi connectivity index (χ2v) is 8.48. The first-order chi connectivity index (χ1) is 17.5. The number of halogens is 1. The minimum atomic E-state index is -0.338. The molecule has 5 rings (SSSR count). The lowest BCUT2D eigenvalue weighted by Crippen LogP contribution is -2.23. The van der Waals surface area contributed by atoms with E-state index >= 15 is 0 Å². The predicted molar refractivity (Wildman–Crippen MR) is 138 cm³/mol. The fourth-order valence-corrected chi connectivity index (χ4v) is 4.05. The number of aromatic amines is 1. The van der Waals surface area contributed by atoms with Crippen LogP contribution in [-0.4, -0.2) is 27.7 Å². The van der Waals surface area contributed by atoms with Crippen molar-refractivity contribution in [1.29, 1.82) is 0 Å². The fourth-order valence-electron chi connectivity index (χ4n) is 4.05. The van der Waals surface area contributed by atoms with E-state index in [4.69, 9.17) is 9.72 Å². The number of nitrogens with one attached hydrogen (secondary N) is 2. The first-order valence-corrected chi connectivity index (χ1v) is 11.7. The molecule has 0 spiro atoms. The third-order valence-electron chi connectivity index (χ3n) is 5.94. The lowest BCUT2D eigenvalue weighted by molar-refractivity contribution is 0.0952. The molecule has 0 radical (unpaired) electrons. The highest BCUT2D eigenvalue weighted by Gasteiger charge is 2.20. The average Bonchev–Trinajstić information content (AvgIpc) is 3.33. The number of aromatic nitrogens is 3. The van der Waals surface area contributed by atoms with Gasteiger partial charge in [-0.2, -0.15) is 5.10 Å². The van der Waals surface area contributed by atoms with E-state index in [1.807, 2.05) is 62.4 Å². The molecule has 2 heterocycles. The van der Waals surface area contributed by atoms with Gasteiger partial charge in [0.15, 0.2) is 5.65 Å². The van der Waals surface area contributed by atoms with E-state index in [-0.39, 0.29) is 11.7 Å². The van der Waals surface area contributed by atoms with E-state index in [9.17, 15) is 9.18 Å². The molecule has 0 aliphatic carbocycles. The van der Waals surface area contributed by atoms with Crippen molar-refractivity contribution in [2.75, 3.05) is 6.61 Å². The summed E-state index contributed by atoms with van der Waals surface area (Å²) in [5.74, 6) is 0.172. The Balaban J connectivity index is 1.57. The van der Waals surface area contributed by atoms with Crippen LogP contribution in [0, 0.1) is 12.7 Å². The van der Waals surface area contributed by atoms with E-state index in [0.717, 1.165) is 22.4 Å². The molecule has 7 heteroatoms. The Morgan fingerprint density at radius 2 is 1.67 bits per heavy atom. The Labute approximate surface area is 208 Å². The van der Waals surface area contributed by atoms with Gasteiger partial charge in [-0.15, -0.1) is 0 Å². The Kier molecular flexibility index (Phi) is 6.45. The van der Waals surface area contributed by atoms with Crippen LogP contribution in [0.15, 0.2) is 78.9 Å². The zero-order chi connectivity index (χ0) is 25.1. The van der Waals surface area contributed by atoms with Crippen LogP contribution in [0.2, 0.25) is 0 Å². The summed E-state index contributed by atoms with van der Waals surface area (Å²) < 4.78 is 19.1. The smallest absolute Gasteiger partial charge is 0.252 e. The molecule has 0 saturated carbocycles. The van der Waals surface area contributed by atoms with E-state index in [2.05, 4.69) is 15.5 Å². The zero-order valence-electron chi connectivity index (χ0n) is 20.0. The van der Waals surface area contributed by atoms with Crippen molar-refractivity contribution in [2.24, 2.45) is 0 Å². The van der Waals surface area contributed by atoms with Gasteiger partial charge in [-0.1, -0.05) is 29.8 Å². The van der Waals surface area contributed by atoms with E-state index < -0.39 is 0 Å². The standard InChI is InChI=1S/C29H25FN4O2/c1-3-36-23-14-10-20(11-15-23)25-16-24(29(35)31-17-19-6-4-18(2)5-7-19)26-27(33-34-28(26)32-25)21-8-12-22(30)13-9-21/h4-16H,3,17H2,1-2H3,(H,31,35)(H,32,33,34). The van der Waals surface area contributed by atoms with Gasteiger partial charge in [-0.25, -0.2) is 9.37 Å². The third kappa shape index (κ3) is 4.81. The summed E-state index contributed by atoms with van der Waals surface area (Å²) in [5.41, 5.74) is 5.76. The highest BCUT2D eigenvalue weighted by Crippen LogP contribution is 2.32. The van der Waals surface area contributed by atoms with E-state index in [1.165, 1.54) is 12.1 Å². The molecule has 1 amide bonds. The largest absolute Gasteiger partial charge is 0.494 e. The number of H-pyrrole nitrogens is 1. The minimum absolute atomic E-state index is 0.250. The van der Waals surface area contributed by atoms with Gasteiger partial charge in [-0.3, -0.25) is 9.89 Å². The number of aryl methyl sites for hydroxylation is 1. The van der Waals surface area contributed by atoms with Crippen LogP contribution >= 0.6 is 0 Å². The van der Waals surface area contributed by atoms with Gasteiger partial charge in [0.2, 0.25) is 0 Å². The molecule has 0 bridgehead atoms. The third-order valence-corrected chi connectivity index (χ3v) is 5.94. The molecule has 0 saturated heterocycles. The van der Waals surface area contributed by atoms with Crippen molar-refractivity contribution in [1.82, 2.24) is 20.5 Å². The maximum atomic E-state index is 13.5. The van der Waals surface area contributed by atoms with Crippen LogP contribution in [0.5, 0.6) is 5.75 Å². The molecule has 0 aliphatic heterocycles. The molecule has 180 valence electrons. The van der Waals surface area contributed by atoms with Crippen LogP contribution in [-0.2, 0) is 6.54 Å². The summed E-state index contributed by atoms with van der Waals surface area (Å²) >= 11 is 0. The second kappa shape index (κ2) is 10.00. The van der Waals surface area contributed by atoms with Crippen molar-refractivity contribution in [3.05, 3.63) is 101 Å². The van der Waals surface area contributed by atoms with Gasteiger partial charge in [0, 0.05) is 17.7 Å². The van der Waals surface area contributed by atoms with Gasteiger partial charge in [0.05, 0.1) is 28.9 Å². The van der Waals surface area contributed by atoms with E-state index in [1.54, 1.807) is 18.2 Å². The van der Waals surface area contributed by atoms with Crippen molar-refractivity contribution in [3.63, 3.8) is 0 Å². The fraction of sp³-hybridized carbons (Fsp3) is 0.138. The zero-order valence-corrected chi connectivity index (χ0v) is 20.0. The molecule has 6 nitrogen and oxygen atoms in total. The molecule has 5 aromatic rings. The Morgan fingerprint density at radius 3 is 2.36 bits per heavy atom. The highest BCUT2D eigenvalue weighted by molar-refractivity contribution is 6.10. The van der Waals surface area contributed by atoms with Crippen molar-refractivity contribution in [3.8, 4) is 28.3 Å². The number of amides is 1. The number of benzene rings is 3. The topological polar surface area (TPSA) is 79.9 Å². The highest BCUT2D eigenvalue weighted by atomic mass is 19.1. The van der Waals surface area contributed by atoms with Crippen LogP contribution in [0.3, 0.4) is 0 Å². The van der Waals surface area contributed by atoms with Crippen LogP contribution < -0.4 is 10.1 Å². The molecule has 0 atom stereocenters. The van der Waals surface area contributed by atoms with Crippen molar-refractivity contribution < 1.29 is 13.9 Å². The summed E-state index contributed by atoms with van der Waals surface area (Å²) in [4.78, 5) is 18.2. The molecule has 0 unspecified atom stereocenters. The SMILES string of the molecule is CCOc1ccc(-c2cc(C(=O)NCc3ccc(C)cc3)c3c(-c4ccc(F)cc4)[nH]nc3n2)cc1. The van der Waals surface area contributed by atoms with Gasteiger partial charge in [0.25, 0.3) is 5.91 Å². The van der Waals surface area contributed by atoms with Gasteiger partial charge >= 0.3 is 0 Å². The molecule has 3 aromatic carbocycles. The number of carbonyl (C=O) groups is 1. The first kappa shape index (κ1) is 23.2. The number of fused-ring (bicyclic) bond motifs is 1. The molecule has 0 fully saturated rings. The maximum Gasteiger partial charge on any atom is 0.252 e. The quantitative estimate of drug-likeness (QED) is 0.296. The molecule has 0 aliphatic rings.